The van der Waals surface area contributed by atoms with Crippen LogP contribution in [0.5, 0.6) is 0 Å². The predicted molar refractivity (Wildman–Crippen MR) is 103 cm³/mol. The monoisotopic (exact) mass is 346 g/mol. The summed E-state index contributed by atoms with van der Waals surface area (Å²) < 4.78 is 0. The SMILES string of the molecule is CNCC1CCCN(C(=O)CCc2ccc3ccccc3c2)C1.Cl. The zero-order valence-electron chi connectivity index (χ0n) is 14.3. The maximum Gasteiger partial charge on any atom is 0.222 e. The van der Waals surface area contributed by atoms with Crippen molar-refractivity contribution >= 4 is 29.1 Å². The lowest BCUT2D eigenvalue weighted by atomic mass is 9.97. The molecular formula is C20H27ClN2O. The number of nitrogens with zero attached hydrogens (tertiary/aromatic N) is 1. The summed E-state index contributed by atoms with van der Waals surface area (Å²) in [7, 11) is 1.99. The van der Waals surface area contributed by atoms with Crippen LogP contribution in [0.3, 0.4) is 0 Å². The van der Waals surface area contributed by atoms with E-state index in [0.29, 0.717) is 18.2 Å². The fraction of sp³-hybridized carbons (Fsp3) is 0.450. The number of halogens is 1. The predicted octanol–water partition coefficient (Wildman–Crippen LogP) is 3.65. The maximum absolute atomic E-state index is 12.5. The van der Waals surface area contributed by atoms with Crippen molar-refractivity contribution in [2.45, 2.75) is 25.7 Å². The van der Waals surface area contributed by atoms with Crippen molar-refractivity contribution in [1.82, 2.24) is 10.2 Å². The molecule has 24 heavy (non-hydrogen) atoms. The lowest BCUT2D eigenvalue weighted by molar-refractivity contribution is -0.132. The summed E-state index contributed by atoms with van der Waals surface area (Å²) in [6.07, 6.45) is 3.81. The van der Waals surface area contributed by atoms with Crippen LogP contribution >= 0.6 is 12.4 Å². The minimum atomic E-state index is 0. The van der Waals surface area contributed by atoms with E-state index in [1.54, 1.807) is 0 Å². The average Bonchev–Trinajstić information content (AvgIpc) is 2.60. The number of rotatable bonds is 5. The van der Waals surface area contributed by atoms with Gasteiger partial charge in [-0.05, 0) is 55.1 Å². The van der Waals surface area contributed by atoms with E-state index in [4.69, 9.17) is 0 Å². The van der Waals surface area contributed by atoms with Crippen LogP contribution in [0.2, 0.25) is 0 Å². The molecular weight excluding hydrogens is 320 g/mol. The number of carbonyl (C=O) groups is 1. The second kappa shape index (κ2) is 9.05. The summed E-state index contributed by atoms with van der Waals surface area (Å²) in [6, 6.07) is 14.9. The Kier molecular flexibility index (Phi) is 7.07. The summed E-state index contributed by atoms with van der Waals surface area (Å²) >= 11 is 0. The first kappa shape index (κ1) is 18.8. The zero-order chi connectivity index (χ0) is 16.1. The van der Waals surface area contributed by atoms with Crippen molar-refractivity contribution in [2.75, 3.05) is 26.7 Å². The Balaban J connectivity index is 0.00000208. The first-order valence-electron chi connectivity index (χ1n) is 8.66. The van der Waals surface area contributed by atoms with Gasteiger partial charge in [0.15, 0.2) is 0 Å². The fourth-order valence-corrected chi connectivity index (χ4v) is 3.55. The third kappa shape index (κ3) is 4.71. The number of hydrogen-bond donors (Lipinski definition) is 1. The van der Waals surface area contributed by atoms with E-state index in [1.807, 2.05) is 7.05 Å². The van der Waals surface area contributed by atoms with Gasteiger partial charge in [0.05, 0.1) is 0 Å². The smallest absolute Gasteiger partial charge is 0.222 e. The van der Waals surface area contributed by atoms with Crippen molar-refractivity contribution in [3.8, 4) is 0 Å². The number of likely N-dealkylation sites (tertiary alicyclic amines) is 1. The van der Waals surface area contributed by atoms with Crippen LogP contribution in [0.15, 0.2) is 42.5 Å². The number of carbonyl (C=O) groups excluding carboxylic acids is 1. The van der Waals surface area contributed by atoms with Crippen LogP contribution in [0.25, 0.3) is 10.8 Å². The van der Waals surface area contributed by atoms with Gasteiger partial charge < -0.3 is 10.2 Å². The quantitative estimate of drug-likeness (QED) is 0.896. The molecule has 130 valence electrons. The molecule has 1 aliphatic heterocycles. The largest absolute Gasteiger partial charge is 0.342 e. The second-order valence-corrected chi connectivity index (χ2v) is 6.59. The molecule has 1 amide bonds. The number of aryl methyl sites for hydroxylation is 1. The Morgan fingerprint density at radius 3 is 2.79 bits per heavy atom. The molecule has 0 aliphatic carbocycles. The number of nitrogens with one attached hydrogen (secondary N) is 1. The van der Waals surface area contributed by atoms with Gasteiger partial charge in [-0.15, -0.1) is 12.4 Å². The topological polar surface area (TPSA) is 32.3 Å². The molecule has 1 heterocycles. The lowest BCUT2D eigenvalue weighted by Crippen LogP contribution is -2.42. The molecule has 3 nitrogen and oxygen atoms in total. The highest BCUT2D eigenvalue weighted by atomic mass is 35.5. The van der Waals surface area contributed by atoms with Gasteiger partial charge in [0.1, 0.15) is 0 Å². The summed E-state index contributed by atoms with van der Waals surface area (Å²) in [5.41, 5.74) is 1.25. The Bertz CT molecular complexity index is 671. The molecule has 2 aromatic rings. The van der Waals surface area contributed by atoms with E-state index in [9.17, 15) is 4.79 Å². The molecule has 1 fully saturated rings. The minimum Gasteiger partial charge on any atom is -0.342 e. The maximum atomic E-state index is 12.5. The van der Waals surface area contributed by atoms with Crippen LogP contribution in [-0.4, -0.2) is 37.5 Å². The van der Waals surface area contributed by atoms with Crippen molar-refractivity contribution in [1.29, 1.82) is 0 Å². The van der Waals surface area contributed by atoms with Gasteiger partial charge >= 0.3 is 0 Å². The van der Waals surface area contributed by atoms with E-state index in [0.717, 1.165) is 32.5 Å². The van der Waals surface area contributed by atoms with Gasteiger partial charge in [0.2, 0.25) is 5.91 Å². The van der Waals surface area contributed by atoms with Gasteiger partial charge in [-0.1, -0.05) is 42.5 Å². The van der Waals surface area contributed by atoms with Crippen LogP contribution in [0.4, 0.5) is 0 Å². The van der Waals surface area contributed by atoms with E-state index >= 15 is 0 Å². The molecule has 0 spiro atoms. The Labute approximate surface area is 150 Å². The van der Waals surface area contributed by atoms with E-state index in [-0.39, 0.29) is 12.4 Å². The molecule has 4 heteroatoms. The van der Waals surface area contributed by atoms with Crippen molar-refractivity contribution in [3.05, 3.63) is 48.0 Å². The third-order valence-corrected chi connectivity index (χ3v) is 4.81. The van der Waals surface area contributed by atoms with Crippen LogP contribution in [-0.2, 0) is 11.2 Å². The van der Waals surface area contributed by atoms with Crippen LogP contribution in [0.1, 0.15) is 24.8 Å². The first-order chi connectivity index (χ1) is 11.3. The highest BCUT2D eigenvalue weighted by Crippen LogP contribution is 2.19. The summed E-state index contributed by atoms with van der Waals surface area (Å²) in [5, 5.41) is 5.75. The summed E-state index contributed by atoms with van der Waals surface area (Å²) in [5.74, 6) is 0.914. The van der Waals surface area contributed by atoms with Crippen LogP contribution < -0.4 is 5.32 Å². The van der Waals surface area contributed by atoms with Gasteiger partial charge in [0.25, 0.3) is 0 Å². The fourth-order valence-electron chi connectivity index (χ4n) is 3.55. The molecule has 1 N–H and O–H groups in total. The first-order valence-corrected chi connectivity index (χ1v) is 8.66. The van der Waals surface area contributed by atoms with Crippen molar-refractivity contribution in [3.63, 3.8) is 0 Å². The average molecular weight is 347 g/mol. The molecule has 3 rings (SSSR count). The number of piperidine rings is 1. The van der Waals surface area contributed by atoms with E-state index in [1.165, 1.54) is 22.8 Å². The molecule has 0 bridgehead atoms. The number of amides is 1. The molecule has 0 aromatic heterocycles. The minimum absolute atomic E-state index is 0. The third-order valence-electron chi connectivity index (χ3n) is 4.81. The van der Waals surface area contributed by atoms with Gasteiger partial charge in [-0.2, -0.15) is 0 Å². The zero-order valence-corrected chi connectivity index (χ0v) is 15.1. The molecule has 1 unspecified atom stereocenters. The van der Waals surface area contributed by atoms with Crippen molar-refractivity contribution < 1.29 is 4.79 Å². The number of fused-ring (bicyclic) bond motifs is 1. The number of hydrogen-bond acceptors (Lipinski definition) is 2. The molecule has 0 saturated carbocycles. The standard InChI is InChI=1S/C20H26N2O.ClH/c1-21-14-17-5-4-12-22(15-17)20(23)11-9-16-8-10-18-6-2-3-7-19(18)13-16;/h2-3,6-8,10,13,17,21H,4-5,9,11-12,14-15H2,1H3;1H. The Hall–Kier alpha value is -1.58. The van der Waals surface area contributed by atoms with Crippen LogP contribution in [0, 0.1) is 5.92 Å². The Morgan fingerprint density at radius 2 is 2.00 bits per heavy atom. The highest BCUT2D eigenvalue weighted by molar-refractivity contribution is 5.85. The highest BCUT2D eigenvalue weighted by Gasteiger charge is 2.22. The second-order valence-electron chi connectivity index (χ2n) is 6.59. The van der Waals surface area contributed by atoms with Gasteiger partial charge in [0, 0.05) is 19.5 Å². The summed E-state index contributed by atoms with van der Waals surface area (Å²) in [4.78, 5) is 14.6. The van der Waals surface area contributed by atoms with E-state index in [2.05, 4.69) is 52.7 Å². The molecule has 2 aromatic carbocycles. The Morgan fingerprint density at radius 1 is 1.21 bits per heavy atom. The van der Waals surface area contributed by atoms with Gasteiger partial charge in [-0.25, -0.2) is 0 Å². The molecule has 1 atom stereocenters. The molecule has 1 saturated heterocycles. The van der Waals surface area contributed by atoms with E-state index < -0.39 is 0 Å². The summed E-state index contributed by atoms with van der Waals surface area (Å²) in [6.45, 7) is 2.85. The normalized spacial score (nSPS) is 17.5. The number of benzene rings is 2. The lowest BCUT2D eigenvalue weighted by Gasteiger charge is -2.32. The molecule has 0 radical (unpaired) electrons. The van der Waals surface area contributed by atoms with Crippen molar-refractivity contribution in [2.24, 2.45) is 5.92 Å². The van der Waals surface area contributed by atoms with Gasteiger partial charge in [-0.3, -0.25) is 4.79 Å². The molecule has 1 aliphatic rings.